The topological polar surface area (TPSA) is 46.2 Å². The third-order valence-electron chi connectivity index (χ3n) is 3.23. The minimum Gasteiger partial charge on any atom is -0.507 e. The number of hydrogen-bond donors (Lipinski definition) is 2. The molecule has 2 rings (SSSR count). The Balaban J connectivity index is 2.49. The molecular weight excluding hydrogens is 261 g/mol. The fraction of sp³-hybridized carbons (Fsp3) is 0.455. The Morgan fingerprint density at radius 3 is 2.60 bits per heavy atom. The summed E-state index contributed by atoms with van der Waals surface area (Å²) in [6.07, 6.45) is 1.83. The number of nitrogens with two attached hydrogens (primary N) is 1. The van der Waals surface area contributed by atoms with Gasteiger partial charge in [-0.3, -0.25) is 0 Å². The number of aromatic hydroxyl groups is 1. The molecular formula is C11H13BrFNO. The molecule has 15 heavy (non-hydrogen) atoms. The van der Waals surface area contributed by atoms with Gasteiger partial charge in [0.15, 0.2) is 0 Å². The number of phenolic OH excluding ortho intramolecular Hbond substituents is 1. The van der Waals surface area contributed by atoms with Crippen molar-refractivity contribution in [2.24, 2.45) is 5.73 Å². The minimum atomic E-state index is -0.370. The molecule has 0 aliphatic heterocycles. The van der Waals surface area contributed by atoms with Gasteiger partial charge in [0.1, 0.15) is 11.6 Å². The molecule has 1 fully saturated rings. The van der Waals surface area contributed by atoms with E-state index >= 15 is 0 Å². The van der Waals surface area contributed by atoms with Crippen LogP contribution in [0.3, 0.4) is 0 Å². The van der Waals surface area contributed by atoms with Crippen LogP contribution in [0.25, 0.3) is 0 Å². The van der Waals surface area contributed by atoms with Crippen molar-refractivity contribution in [1.29, 1.82) is 0 Å². The van der Waals surface area contributed by atoms with Crippen LogP contribution in [0.15, 0.2) is 16.6 Å². The monoisotopic (exact) mass is 273 g/mol. The molecule has 1 saturated carbocycles. The van der Waals surface area contributed by atoms with Crippen LogP contribution >= 0.6 is 15.9 Å². The van der Waals surface area contributed by atoms with Crippen molar-refractivity contribution < 1.29 is 9.50 Å². The van der Waals surface area contributed by atoms with Gasteiger partial charge in [0, 0.05) is 17.5 Å². The molecule has 0 radical (unpaired) electrons. The molecule has 1 aromatic rings. The normalized spacial score (nSPS) is 20.0. The van der Waals surface area contributed by atoms with Gasteiger partial charge in [-0.2, -0.15) is 0 Å². The van der Waals surface area contributed by atoms with Crippen molar-refractivity contribution >= 4 is 15.9 Å². The second kappa shape index (κ2) is 3.46. The molecule has 82 valence electrons. The lowest BCUT2D eigenvalue weighted by atomic mass is 9.89. The van der Waals surface area contributed by atoms with Gasteiger partial charge in [-0.1, -0.05) is 0 Å². The van der Waals surface area contributed by atoms with Crippen molar-refractivity contribution in [2.75, 3.05) is 0 Å². The van der Waals surface area contributed by atoms with E-state index in [1.165, 1.54) is 0 Å². The Bertz CT molecular complexity index is 402. The van der Waals surface area contributed by atoms with Crippen LogP contribution in [0.1, 0.15) is 25.3 Å². The molecule has 1 aliphatic carbocycles. The third kappa shape index (κ3) is 1.66. The van der Waals surface area contributed by atoms with Crippen molar-refractivity contribution in [2.45, 2.75) is 31.2 Å². The van der Waals surface area contributed by atoms with E-state index in [2.05, 4.69) is 15.9 Å². The van der Waals surface area contributed by atoms with Crippen LogP contribution in [-0.2, 0) is 5.41 Å². The van der Waals surface area contributed by atoms with Crippen molar-refractivity contribution in [3.05, 3.63) is 28.0 Å². The number of phenols is 1. The standard InChI is InChI=1S/C11H13BrFNO/c1-6(14)11(2-3-11)7-4-8(12)10(15)5-9(7)13/h4-6,15H,2-3,14H2,1H3. The SMILES string of the molecule is CC(N)C1(c2cc(Br)c(O)cc2F)CC1. The van der Waals surface area contributed by atoms with Gasteiger partial charge in [-0.25, -0.2) is 4.39 Å². The van der Waals surface area contributed by atoms with E-state index < -0.39 is 0 Å². The molecule has 0 bridgehead atoms. The highest BCUT2D eigenvalue weighted by Crippen LogP contribution is 2.52. The second-order valence-corrected chi connectivity index (χ2v) is 5.08. The fourth-order valence-corrected chi connectivity index (χ4v) is 2.37. The summed E-state index contributed by atoms with van der Waals surface area (Å²) < 4.78 is 14.2. The molecule has 1 aliphatic rings. The van der Waals surface area contributed by atoms with Gasteiger partial charge in [0.25, 0.3) is 0 Å². The van der Waals surface area contributed by atoms with Crippen LogP contribution in [0.5, 0.6) is 5.75 Å². The average molecular weight is 274 g/mol. The molecule has 0 saturated heterocycles. The molecule has 1 atom stereocenters. The van der Waals surface area contributed by atoms with Crippen molar-refractivity contribution in [3.8, 4) is 5.75 Å². The first-order valence-electron chi connectivity index (χ1n) is 4.91. The van der Waals surface area contributed by atoms with Crippen LogP contribution in [0, 0.1) is 5.82 Å². The summed E-state index contributed by atoms with van der Waals surface area (Å²) in [6, 6.07) is 2.71. The molecule has 3 N–H and O–H groups in total. The average Bonchev–Trinajstić information content (AvgIpc) is 2.92. The van der Waals surface area contributed by atoms with Gasteiger partial charge in [0.05, 0.1) is 4.47 Å². The molecule has 4 heteroatoms. The van der Waals surface area contributed by atoms with Gasteiger partial charge in [0.2, 0.25) is 0 Å². The summed E-state index contributed by atoms with van der Waals surface area (Å²) in [5.74, 6) is -0.442. The lowest BCUT2D eigenvalue weighted by molar-refractivity contribution is 0.457. The van der Waals surface area contributed by atoms with Crippen molar-refractivity contribution in [3.63, 3.8) is 0 Å². The smallest absolute Gasteiger partial charge is 0.132 e. The first kappa shape index (κ1) is 10.9. The first-order chi connectivity index (χ1) is 6.97. The molecule has 0 spiro atoms. The van der Waals surface area contributed by atoms with Crippen LogP contribution in [0.4, 0.5) is 4.39 Å². The molecule has 0 amide bonds. The summed E-state index contributed by atoms with van der Waals surface area (Å²) >= 11 is 3.19. The van der Waals surface area contributed by atoms with Gasteiger partial charge < -0.3 is 10.8 Å². The van der Waals surface area contributed by atoms with Gasteiger partial charge in [-0.05, 0) is 47.3 Å². The fourth-order valence-electron chi connectivity index (χ4n) is 2.02. The quantitative estimate of drug-likeness (QED) is 0.871. The predicted octanol–water partition coefficient (Wildman–Crippen LogP) is 2.67. The molecule has 2 nitrogen and oxygen atoms in total. The molecule has 1 aromatic carbocycles. The minimum absolute atomic E-state index is 0.0663. The van der Waals surface area contributed by atoms with E-state index in [4.69, 9.17) is 5.73 Å². The third-order valence-corrected chi connectivity index (χ3v) is 3.87. The summed E-state index contributed by atoms with van der Waals surface area (Å²) in [6.45, 7) is 1.90. The zero-order chi connectivity index (χ0) is 11.2. The number of hydrogen-bond acceptors (Lipinski definition) is 2. The van der Waals surface area contributed by atoms with E-state index in [0.717, 1.165) is 18.9 Å². The number of benzene rings is 1. The lowest BCUT2D eigenvalue weighted by Crippen LogP contribution is -2.32. The highest BCUT2D eigenvalue weighted by molar-refractivity contribution is 9.10. The maximum atomic E-state index is 13.7. The van der Waals surface area contributed by atoms with Crippen LogP contribution in [0.2, 0.25) is 0 Å². The largest absolute Gasteiger partial charge is 0.507 e. The Labute approximate surface area is 96.4 Å². The predicted molar refractivity (Wildman–Crippen MR) is 60.3 cm³/mol. The highest BCUT2D eigenvalue weighted by atomic mass is 79.9. The lowest BCUT2D eigenvalue weighted by Gasteiger charge is -2.21. The van der Waals surface area contributed by atoms with Gasteiger partial charge >= 0.3 is 0 Å². The molecule has 0 heterocycles. The number of halogens is 2. The Kier molecular flexibility index (Phi) is 2.51. The summed E-state index contributed by atoms with van der Waals surface area (Å²) in [5, 5.41) is 9.33. The van der Waals surface area contributed by atoms with Gasteiger partial charge in [-0.15, -0.1) is 0 Å². The summed E-state index contributed by atoms with van der Waals surface area (Å²) in [5.41, 5.74) is 6.27. The van der Waals surface area contributed by atoms with Crippen LogP contribution < -0.4 is 5.73 Å². The maximum Gasteiger partial charge on any atom is 0.132 e. The van der Waals surface area contributed by atoms with Crippen LogP contribution in [-0.4, -0.2) is 11.1 Å². The first-order valence-corrected chi connectivity index (χ1v) is 5.71. The zero-order valence-electron chi connectivity index (χ0n) is 8.43. The van der Waals surface area contributed by atoms with E-state index in [-0.39, 0.29) is 23.0 Å². The zero-order valence-corrected chi connectivity index (χ0v) is 10.0. The summed E-state index contributed by atoms with van der Waals surface area (Å²) in [7, 11) is 0. The van der Waals surface area contributed by atoms with E-state index in [1.54, 1.807) is 6.07 Å². The maximum absolute atomic E-state index is 13.7. The Morgan fingerprint density at radius 1 is 1.53 bits per heavy atom. The second-order valence-electron chi connectivity index (χ2n) is 4.23. The van der Waals surface area contributed by atoms with E-state index in [9.17, 15) is 9.50 Å². The Hall–Kier alpha value is -0.610. The number of rotatable bonds is 2. The highest BCUT2D eigenvalue weighted by Gasteiger charge is 2.49. The van der Waals surface area contributed by atoms with E-state index in [0.29, 0.717) is 10.0 Å². The summed E-state index contributed by atoms with van der Waals surface area (Å²) in [4.78, 5) is 0. The van der Waals surface area contributed by atoms with Crippen molar-refractivity contribution in [1.82, 2.24) is 0 Å². The van der Waals surface area contributed by atoms with E-state index in [1.807, 2.05) is 6.92 Å². The Morgan fingerprint density at radius 2 is 2.13 bits per heavy atom. The molecule has 1 unspecified atom stereocenters. The molecule has 0 aromatic heterocycles.